The summed E-state index contributed by atoms with van der Waals surface area (Å²) >= 11 is 6.26. The first kappa shape index (κ1) is 25.6. The number of halogens is 1. The molecule has 1 aliphatic heterocycles. The Bertz CT molecular complexity index is 1010. The molecular formula is C25H33ClN4O4. The average Bonchev–Trinajstić information content (AvgIpc) is 2.81. The number of anilines is 1. The van der Waals surface area contributed by atoms with Crippen molar-refractivity contribution in [1.82, 2.24) is 10.2 Å². The fraction of sp³-hybridized carbons (Fsp3) is 0.440. The number of rotatable bonds is 10. The van der Waals surface area contributed by atoms with E-state index in [1.165, 1.54) is 30.5 Å². The van der Waals surface area contributed by atoms with Crippen molar-refractivity contribution in [1.29, 1.82) is 0 Å². The number of carbonyl (C=O) groups excluding carboxylic acids is 2. The van der Waals surface area contributed by atoms with E-state index in [1.807, 2.05) is 6.92 Å². The molecule has 1 heterocycles. The third kappa shape index (κ3) is 7.01. The van der Waals surface area contributed by atoms with Gasteiger partial charge in [0.1, 0.15) is 0 Å². The fourth-order valence-electron chi connectivity index (χ4n) is 3.94. The quantitative estimate of drug-likeness (QED) is 0.533. The number of amides is 2. The van der Waals surface area contributed by atoms with Crippen molar-refractivity contribution in [2.45, 2.75) is 26.3 Å². The van der Waals surface area contributed by atoms with Crippen LogP contribution < -0.4 is 25.4 Å². The van der Waals surface area contributed by atoms with Crippen LogP contribution in [-0.4, -0.2) is 69.2 Å². The minimum atomic E-state index is -0.634. The molecular weight excluding hydrogens is 456 g/mol. The first-order valence-electron chi connectivity index (χ1n) is 11.4. The monoisotopic (exact) mass is 488 g/mol. The van der Waals surface area contributed by atoms with Crippen molar-refractivity contribution in [2.24, 2.45) is 5.73 Å². The van der Waals surface area contributed by atoms with Gasteiger partial charge in [-0.2, -0.15) is 0 Å². The topological polar surface area (TPSA) is 97.1 Å². The Balaban J connectivity index is 1.48. The third-order valence-electron chi connectivity index (χ3n) is 5.85. The zero-order valence-electron chi connectivity index (χ0n) is 20.0. The summed E-state index contributed by atoms with van der Waals surface area (Å²) in [5.41, 5.74) is 8.02. The Morgan fingerprint density at radius 3 is 2.56 bits per heavy atom. The Morgan fingerprint density at radius 1 is 1.18 bits per heavy atom. The van der Waals surface area contributed by atoms with E-state index >= 15 is 0 Å². The number of carbonyl (C=O) groups is 2. The van der Waals surface area contributed by atoms with Gasteiger partial charge in [-0.25, -0.2) is 0 Å². The fourth-order valence-corrected chi connectivity index (χ4v) is 4.21. The summed E-state index contributed by atoms with van der Waals surface area (Å²) in [6.45, 7) is 8.66. The molecule has 8 nitrogen and oxygen atoms in total. The van der Waals surface area contributed by atoms with Crippen molar-refractivity contribution >= 4 is 29.1 Å². The summed E-state index contributed by atoms with van der Waals surface area (Å²) in [6.07, 6.45) is 0.834. The molecule has 0 spiro atoms. The molecule has 3 N–H and O–H groups in total. The molecule has 0 aromatic heterocycles. The molecule has 2 amide bonds. The molecule has 0 bridgehead atoms. The minimum absolute atomic E-state index is 0.0159. The van der Waals surface area contributed by atoms with E-state index in [-0.39, 0.29) is 35.1 Å². The highest BCUT2D eigenvalue weighted by Gasteiger charge is 2.20. The molecule has 184 valence electrons. The Labute approximate surface area is 205 Å². The number of ether oxygens (including phenoxy) is 2. The first-order chi connectivity index (χ1) is 16.3. The van der Waals surface area contributed by atoms with Crippen LogP contribution in [0.1, 0.15) is 29.3 Å². The number of piperazine rings is 1. The van der Waals surface area contributed by atoms with Gasteiger partial charge in [0.2, 0.25) is 0 Å². The zero-order chi connectivity index (χ0) is 24.7. The second-order valence-electron chi connectivity index (χ2n) is 8.58. The van der Waals surface area contributed by atoms with Gasteiger partial charge in [0.25, 0.3) is 11.8 Å². The smallest absolute Gasteiger partial charge is 0.255 e. The van der Waals surface area contributed by atoms with Gasteiger partial charge >= 0.3 is 0 Å². The number of nitrogens with zero attached hydrogens (tertiary/aromatic N) is 2. The van der Waals surface area contributed by atoms with Crippen molar-refractivity contribution in [3.8, 4) is 11.5 Å². The van der Waals surface area contributed by atoms with Crippen molar-refractivity contribution in [3.05, 3.63) is 52.5 Å². The van der Waals surface area contributed by atoms with Gasteiger partial charge in [0.05, 0.1) is 12.1 Å². The molecule has 0 aliphatic carbocycles. The van der Waals surface area contributed by atoms with E-state index in [2.05, 4.69) is 46.3 Å². The summed E-state index contributed by atoms with van der Waals surface area (Å²) < 4.78 is 10.6. The van der Waals surface area contributed by atoms with Crippen LogP contribution in [0, 0.1) is 6.92 Å². The van der Waals surface area contributed by atoms with Crippen LogP contribution in [0.25, 0.3) is 0 Å². The summed E-state index contributed by atoms with van der Waals surface area (Å²) in [6, 6.07) is 11.6. The molecule has 1 saturated heterocycles. The molecule has 2 aromatic rings. The number of nitrogens with one attached hydrogen (secondary N) is 1. The van der Waals surface area contributed by atoms with E-state index in [9.17, 15) is 9.59 Å². The van der Waals surface area contributed by atoms with Crippen LogP contribution in [0.5, 0.6) is 11.5 Å². The van der Waals surface area contributed by atoms with Crippen molar-refractivity contribution in [3.63, 3.8) is 0 Å². The number of nitrogens with two attached hydrogens (primary N) is 1. The Hall–Kier alpha value is -2.97. The number of hydrogen-bond acceptors (Lipinski definition) is 6. The van der Waals surface area contributed by atoms with Crippen LogP contribution in [0.2, 0.25) is 5.02 Å². The van der Waals surface area contributed by atoms with Gasteiger partial charge < -0.3 is 25.4 Å². The summed E-state index contributed by atoms with van der Waals surface area (Å²) in [4.78, 5) is 28.6. The molecule has 34 heavy (non-hydrogen) atoms. The molecule has 1 unspecified atom stereocenters. The van der Waals surface area contributed by atoms with Gasteiger partial charge in [-0.3, -0.25) is 14.5 Å². The summed E-state index contributed by atoms with van der Waals surface area (Å²) in [5.74, 6) is -0.445. The average molecular weight is 489 g/mol. The normalized spacial score (nSPS) is 15.0. The van der Waals surface area contributed by atoms with Gasteiger partial charge in [-0.05, 0) is 50.1 Å². The van der Waals surface area contributed by atoms with E-state index in [1.54, 1.807) is 0 Å². The van der Waals surface area contributed by atoms with E-state index < -0.39 is 5.91 Å². The minimum Gasteiger partial charge on any atom is -0.493 e. The Kier molecular flexibility index (Phi) is 9.01. The van der Waals surface area contributed by atoms with Gasteiger partial charge in [0.15, 0.2) is 18.1 Å². The molecule has 1 fully saturated rings. The van der Waals surface area contributed by atoms with Crippen LogP contribution in [-0.2, 0) is 4.79 Å². The standard InChI is InChI=1S/C25H33ClN4O4/c1-17-5-4-6-20(13-17)30-11-9-29(10-12-30)8-7-18(2)28-25(32)19-14-21(26)24(22(15-19)33-3)34-16-23(27)31/h4-6,13-15,18H,7-12,16H2,1-3H3,(H2,27,31)(H,28,32). The second kappa shape index (κ2) is 11.9. The van der Waals surface area contributed by atoms with Gasteiger partial charge in [-0.15, -0.1) is 0 Å². The van der Waals surface area contributed by atoms with Gasteiger partial charge in [0, 0.05) is 50.0 Å². The number of primary amides is 1. The van der Waals surface area contributed by atoms with Crippen molar-refractivity contribution < 1.29 is 19.1 Å². The molecule has 1 atom stereocenters. The molecule has 3 rings (SSSR count). The number of benzene rings is 2. The molecule has 0 radical (unpaired) electrons. The van der Waals surface area contributed by atoms with Crippen molar-refractivity contribution in [2.75, 3.05) is 51.3 Å². The van der Waals surface area contributed by atoms with Crippen LogP contribution in [0.4, 0.5) is 5.69 Å². The number of aryl methyl sites for hydroxylation is 1. The highest BCUT2D eigenvalue weighted by atomic mass is 35.5. The van der Waals surface area contributed by atoms with Crippen LogP contribution >= 0.6 is 11.6 Å². The predicted octanol–water partition coefficient (Wildman–Crippen LogP) is 2.85. The number of hydrogen-bond donors (Lipinski definition) is 2. The highest BCUT2D eigenvalue weighted by Crippen LogP contribution is 2.36. The van der Waals surface area contributed by atoms with Crippen LogP contribution in [0.15, 0.2) is 36.4 Å². The van der Waals surface area contributed by atoms with E-state index in [0.29, 0.717) is 5.56 Å². The maximum atomic E-state index is 12.8. The molecule has 9 heteroatoms. The lowest BCUT2D eigenvalue weighted by atomic mass is 10.1. The number of methoxy groups -OCH3 is 1. The summed E-state index contributed by atoms with van der Waals surface area (Å²) in [5, 5.41) is 3.19. The summed E-state index contributed by atoms with van der Waals surface area (Å²) in [7, 11) is 1.44. The Morgan fingerprint density at radius 2 is 1.91 bits per heavy atom. The van der Waals surface area contributed by atoms with Gasteiger partial charge in [-0.1, -0.05) is 23.7 Å². The molecule has 1 aliphatic rings. The predicted molar refractivity (Wildman–Crippen MR) is 134 cm³/mol. The lowest BCUT2D eigenvalue weighted by Crippen LogP contribution is -2.47. The lowest BCUT2D eigenvalue weighted by molar-refractivity contribution is -0.119. The van der Waals surface area contributed by atoms with Crippen LogP contribution in [0.3, 0.4) is 0 Å². The van der Waals surface area contributed by atoms with E-state index in [0.717, 1.165) is 39.1 Å². The van der Waals surface area contributed by atoms with E-state index in [4.69, 9.17) is 26.8 Å². The maximum Gasteiger partial charge on any atom is 0.255 e. The highest BCUT2D eigenvalue weighted by molar-refractivity contribution is 6.32. The third-order valence-corrected chi connectivity index (χ3v) is 6.13. The molecule has 0 saturated carbocycles. The largest absolute Gasteiger partial charge is 0.493 e. The maximum absolute atomic E-state index is 12.8. The molecule has 2 aromatic carbocycles. The lowest BCUT2D eigenvalue weighted by Gasteiger charge is -2.36. The zero-order valence-corrected chi connectivity index (χ0v) is 20.7. The first-order valence-corrected chi connectivity index (χ1v) is 11.8. The second-order valence-corrected chi connectivity index (χ2v) is 8.98. The SMILES string of the molecule is COc1cc(C(=O)NC(C)CCN2CCN(c3cccc(C)c3)CC2)cc(Cl)c1OCC(N)=O.